The fourth-order valence-electron chi connectivity index (χ4n) is 1.39. The molecule has 5 N–H and O–H groups in total. The van der Waals surface area contributed by atoms with E-state index in [0.717, 1.165) is 22.8 Å². The molecule has 2 rings (SSSR count). The molecule has 0 bridgehead atoms. The van der Waals surface area contributed by atoms with E-state index in [1.54, 1.807) is 0 Å². The number of aromatic nitrogens is 1. The fourth-order valence-corrected chi connectivity index (χ4v) is 2.13. The number of nitrogens with zero attached hydrogens (tertiary/aromatic N) is 1. The number of carbonyl (C=O) groups excluding carboxylic acids is 1. The van der Waals surface area contributed by atoms with Crippen molar-refractivity contribution in [1.29, 1.82) is 0 Å². The molecule has 0 aliphatic carbocycles. The maximum absolute atomic E-state index is 11.2. The molecular formula is C11H12N4OS. The lowest BCUT2D eigenvalue weighted by Gasteiger charge is -2.05. The van der Waals surface area contributed by atoms with E-state index in [9.17, 15) is 4.79 Å². The Balaban J connectivity index is 2.30. The largest absolute Gasteiger partial charge is 0.382 e. The average Bonchev–Trinajstić information content (AvgIpc) is 2.63. The number of hydrogen-bond donors (Lipinski definition) is 3. The summed E-state index contributed by atoms with van der Waals surface area (Å²) in [6.45, 7) is 2.00. The summed E-state index contributed by atoms with van der Waals surface area (Å²) < 4.78 is 3.91. The van der Waals surface area contributed by atoms with Gasteiger partial charge in [0.2, 0.25) is 0 Å². The van der Waals surface area contributed by atoms with Crippen molar-refractivity contribution in [1.82, 2.24) is 4.37 Å². The van der Waals surface area contributed by atoms with Crippen LogP contribution in [0.25, 0.3) is 0 Å². The molecule has 0 fully saturated rings. The number of anilines is 3. The zero-order valence-electron chi connectivity index (χ0n) is 9.23. The van der Waals surface area contributed by atoms with E-state index in [0.29, 0.717) is 5.00 Å². The Morgan fingerprint density at radius 1 is 1.35 bits per heavy atom. The molecule has 0 spiro atoms. The third-order valence-electron chi connectivity index (χ3n) is 2.27. The molecule has 0 aliphatic rings. The highest BCUT2D eigenvalue weighted by Crippen LogP contribution is 2.29. The van der Waals surface area contributed by atoms with Crippen LogP contribution in [0.3, 0.4) is 0 Å². The summed E-state index contributed by atoms with van der Waals surface area (Å²) in [5.74, 6) is -0.414. The van der Waals surface area contributed by atoms with Crippen LogP contribution in [0.2, 0.25) is 0 Å². The quantitative estimate of drug-likeness (QED) is 0.773. The first-order chi connectivity index (χ1) is 8.08. The third-order valence-corrected chi connectivity index (χ3v) is 3.05. The second-order valence-electron chi connectivity index (χ2n) is 3.63. The van der Waals surface area contributed by atoms with Gasteiger partial charge in [-0.05, 0) is 30.6 Å². The van der Waals surface area contributed by atoms with Crippen molar-refractivity contribution in [2.75, 3.05) is 11.1 Å². The van der Waals surface area contributed by atoms with Gasteiger partial charge in [-0.1, -0.05) is 17.7 Å². The topological polar surface area (TPSA) is 94.0 Å². The van der Waals surface area contributed by atoms with Gasteiger partial charge in [-0.2, -0.15) is 4.37 Å². The molecule has 0 saturated carbocycles. The molecule has 1 heterocycles. The van der Waals surface area contributed by atoms with Gasteiger partial charge in [-0.3, -0.25) is 4.79 Å². The number of nitrogens with two attached hydrogens (primary N) is 2. The van der Waals surface area contributed by atoms with Gasteiger partial charge < -0.3 is 16.8 Å². The number of hydrogen-bond acceptors (Lipinski definition) is 5. The van der Waals surface area contributed by atoms with Crippen molar-refractivity contribution in [2.24, 2.45) is 5.73 Å². The monoisotopic (exact) mass is 248 g/mol. The van der Waals surface area contributed by atoms with Gasteiger partial charge >= 0.3 is 0 Å². The van der Waals surface area contributed by atoms with E-state index in [1.807, 2.05) is 31.2 Å². The van der Waals surface area contributed by atoms with E-state index < -0.39 is 5.91 Å². The van der Waals surface area contributed by atoms with Crippen LogP contribution >= 0.6 is 11.5 Å². The number of carbonyl (C=O) groups is 1. The number of nitrogen functional groups attached to an aromatic ring is 1. The van der Waals surface area contributed by atoms with Gasteiger partial charge in [-0.25, -0.2) is 0 Å². The SMILES string of the molecule is Cc1ccc(Nc2snc(N)c2C(N)=O)cc1. The van der Waals surface area contributed by atoms with Crippen molar-refractivity contribution in [3.05, 3.63) is 35.4 Å². The molecule has 17 heavy (non-hydrogen) atoms. The van der Waals surface area contributed by atoms with Crippen LogP contribution in [-0.4, -0.2) is 10.3 Å². The van der Waals surface area contributed by atoms with E-state index in [-0.39, 0.29) is 11.4 Å². The van der Waals surface area contributed by atoms with Crippen molar-refractivity contribution in [3.8, 4) is 0 Å². The van der Waals surface area contributed by atoms with Crippen LogP contribution in [0, 0.1) is 6.92 Å². The first-order valence-electron chi connectivity index (χ1n) is 4.96. The number of benzene rings is 1. The van der Waals surface area contributed by atoms with Gasteiger partial charge in [0, 0.05) is 5.69 Å². The van der Waals surface area contributed by atoms with Crippen molar-refractivity contribution in [3.63, 3.8) is 0 Å². The van der Waals surface area contributed by atoms with Gasteiger partial charge in [0.1, 0.15) is 10.6 Å². The zero-order chi connectivity index (χ0) is 12.4. The van der Waals surface area contributed by atoms with Gasteiger partial charge in [0.25, 0.3) is 5.91 Å². The summed E-state index contributed by atoms with van der Waals surface area (Å²) in [5, 5.41) is 3.65. The minimum absolute atomic E-state index is 0.164. The van der Waals surface area contributed by atoms with Crippen LogP contribution in [0.1, 0.15) is 15.9 Å². The number of aryl methyl sites for hydroxylation is 1. The lowest BCUT2D eigenvalue weighted by atomic mass is 10.2. The molecule has 0 radical (unpaired) electrons. The summed E-state index contributed by atoms with van der Waals surface area (Å²) in [4.78, 5) is 11.2. The van der Waals surface area contributed by atoms with E-state index >= 15 is 0 Å². The lowest BCUT2D eigenvalue weighted by Crippen LogP contribution is -2.13. The van der Waals surface area contributed by atoms with Gasteiger partial charge in [0.15, 0.2) is 5.82 Å². The molecule has 88 valence electrons. The van der Waals surface area contributed by atoms with Crippen molar-refractivity contribution >= 4 is 33.9 Å². The highest BCUT2D eigenvalue weighted by atomic mass is 32.1. The first-order valence-corrected chi connectivity index (χ1v) is 5.74. The van der Waals surface area contributed by atoms with E-state index in [1.165, 1.54) is 0 Å². The minimum atomic E-state index is -0.578. The Morgan fingerprint density at radius 2 is 2.00 bits per heavy atom. The van der Waals surface area contributed by atoms with Crippen molar-refractivity contribution < 1.29 is 4.79 Å². The second kappa shape index (κ2) is 4.42. The molecule has 1 amide bonds. The van der Waals surface area contributed by atoms with Crippen LogP contribution in [0.4, 0.5) is 16.5 Å². The molecule has 0 aliphatic heterocycles. The summed E-state index contributed by atoms with van der Waals surface area (Å²) in [6, 6.07) is 7.76. The van der Waals surface area contributed by atoms with E-state index in [2.05, 4.69) is 9.69 Å². The molecular weight excluding hydrogens is 236 g/mol. The van der Waals surface area contributed by atoms with Crippen LogP contribution in [-0.2, 0) is 0 Å². The Labute approximate surface area is 103 Å². The predicted octanol–water partition coefficient (Wildman–Crippen LogP) is 1.88. The number of rotatable bonds is 3. The highest BCUT2D eigenvalue weighted by Gasteiger charge is 2.16. The smallest absolute Gasteiger partial charge is 0.255 e. The normalized spacial score (nSPS) is 10.2. The Kier molecular flexibility index (Phi) is 2.97. The molecule has 0 saturated heterocycles. The molecule has 5 nitrogen and oxygen atoms in total. The van der Waals surface area contributed by atoms with Crippen LogP contribution in [0.15, 0.2) is 24.3 Å². The second-order valence-corrected chi connectivity index (χ2v) is 4.40. The minimum Gasteiger partial charge on any atom is -0.382 e. The maximum Gasteiger partial charge on any atom is 0.255 e. The lowest BCUT2D eigenvalue weighted by molar-refractivity contribution is 0.100. The van der Waals surface area contributed by atoms with Gasteiger partial charge in [-0.15, -0.1) is 0 Å². The number of primary amides is 1. The Bertz CT molecular complexity index is 547. The maximum atomic E-state index is 11.2. The third kappa shape index (κ3) is 2.36. The average molecular weight is 248 g/mol. The Hall–Kier alpha value is -2.08. The Morgan fingerprint density at radius 3 is 2.59 bits per heavy atom. The van der Waals surface area contributed by atoms with Crippen LogP contribution in [0.5, 0.6) is 0 Å². The zero-order valence-corrected chi connectivity index (χ0v) is 10.0. The standard InChI is InChI=1S/C11H12N4OS/c1-6-2-4-7(5-3-6)14-11-8(10(13)16)9(12)15-17-11/h2-5,14H,1H3,(H2,12,15)(H2,13,16). The molecule has 1 aromatic carbocycles. The summed E-state index contributed by atoms with van der Waals surface area (Å²) >= 11 is 1.12. The summed E-state index contributed by atoms with van der Waals surface area (Å²) in [6.07, 6.45) is 0. The van der Waals surface area contributed by atoms with Crippen LogP contribution < -0.4 is 16.8 Å². The fraction of sp³-hybridized carbons (Fsp3) is 0.0909. The summed E-state index contributed by atoms with van der Waals surface area (Å²) in [5.41, 5.74) is 13.1. The van der Waals surface area contributed by atoms with E-state index in [4.69, 9.17) is 11.5 Å². The highest BCUT2D eigenvalue weighted by molar-refractivity contribution is 7.11. The molecule has 0 atom stereocenters. The summed E-state index contributed by atoms with van der Waals surface area (Å²) in [7, 11) is 0. The molecule has 2 aromatic rings. The number of amides is 1. The number of nitrogens with one attached hydrogen (secondary N) is 1. The predicted molar refractivity (Wildman–Crippen MR) is 69.5 cm³/mol. The van der Waals surface area contributed by atoms with Gasteiger partial charge in [0.05, 0.1) is 0 Å². The first kappa shape index (κ1) is 11.4. The van der Waals surface area contributed by atoms with Crippen molar-refractivity contribution in [2.45, 2.75) is 6.92 Å². The molecule has 0 unspecified atom stereocenters. The molecule has 1 aromatic heterocycles. The molecule has 6 heteroatoms.